The SMILES string of the molecule is NC(N)(N)c1nc2cc([N+](=O)[O-])ccc2o1. The zero-order valence-corrected chi connectivity index (χ0v) is 8.08. The molecular weight excluding hydrogens is 214 g/mol. The van der Waals surface area contributed by atoms with Crippen molar-refractivity contribution in [3.05, 3.63) is 34.2 Å². The van der Waals surface area contributed by atoms with Crippen molar-refractivity contribution >= 4 is 16.8 Å². The van der Waals surface area contributed by atoms with Gasteiger partial charge in [-0.05, 0) is 6.07 Å². The quantitative estimate of drug-likeness (QED) is 0.360. The van der Waals surface area contributed by atoms with Crippen molar-refractivity contribution in [2.24, 2.45) is 17.2 Å². The van der Waals surface area contributed by atoms with Gasteiger partial charge in [-0.3, -0.25) is 27.3 Å². The lowest BCUT2D eigenvalue weighted by molar-refractivity contribution is -0.384. The molecule has 0 aliphatic heterocycles. The molecule has 0 radical (unpaired) electrons. The maximum absolute atomic E-state index is 10.5. The molecule has 0 spiro atoms. The molecule has 1 heterocycles. The summed E-state index contributed by atoms with van der Waals surface area (Å²) >= 11 is 0. The summed E-state index contributed by atoms with van der Waals surface area (Å²) in [7, 11) is 0. The van der Waals surface area contributed by atoms with Crippen LogP contribution in [0.3, 0.4) is 0 Å². The summed E-state index contributed by atoms with van der Waals surface area (Å²) in [6, 6.07) is 3.96. The summed E-state index contributed by atoms with van der Waals surface area (Å²) in [5, 5.41) is 10.5. The number of rotatable bonds is 2. The summed E-state index contributed by atoms with van der Waals surface area (Å²) in [6.07, 6.45) is 0. The standard InChI is InChI=1S/C8H9N5O3/c9-8(10,11)7-12-5-3-4(13(14)15)1-2-6(5)16-7/h1-3H,9-11H2. The van der Waals surface area contributed by atoms with Gasteiger partial charge in [0.05, 0.1) is 4.92 Å². The molecule has 16 heavy (non-hydrogen) atoms. The first kappa shape index (κ1) is 10.5. The Hall–Kier alpha value is -2.03. The molecule has 0 saturated carbocycles. The van der Waals surface area contributed by atoms with Gasteiger partial charge >= 0.3 is 0 Å². The van der Waals surface area contributed by atoms with Crippen LogP contribution in [0.15, 0.2) is 22.6 Å². The van der Waals surface area contributed by atoms with Crippen molar-refractivity contribution in [2.45, 2.75) is 5.79 Å². The van der Waals surface area contributed by atoms with E-state index in [-0.39, 0.29) is 17.1 Å². The zero-order chi connectivity index (χ0) is 11.9. The number of nitro benzene ring substituents is 1. The van der Waals surface area contributed by atoms with Crippen molar-refractivity contribution in [3.63, 3.8) is 0 Å². The zero-order valence-electron chi connectivity index (χ0n) is 8.08. The highest BCUT2D eigenvalue weighted by Crippen LogP contribution is 2.22. The van der Waals surface area contributed by atoms with Crippen LogP contribution in [0.4, 0.5) is 5.69 Å². The number of oxazole rings is 1. The maximum Gasteiger partial charge on any atom is 0.271 e. The molecule has 1 aromatic heterocycles. The van der Waals surface area contributed by atoms with Crippen LogP contribution in [0.1, 0.15) is 5.89 Å². The minimum Gasteiger partial charge on any atom is -0.436 e. The predicted molar refractivity (Wildman–Crippen MR) is 54.9 cm³/mol. The first-order chi connectivity index (χ1) is 7.38. The average molecular weight is 223 g/mol. The molecule has 8 nitrogen and oxygen atoms in total. The third kappa shape index (κ3) is 1.72. The molecule has 1 aromatic carbocycles. The summed E-state index contributed by atoms with van der Waals surface area (Å²) in [4.78, 5) is 13.9. The highest BCUT2D eigenvalue weighted by atomic mass is 16.6. The first-order valence-corrected chi connectivity index (χ1v) is 4.30. The Kier molecular flexibility index (Phi) is 2.12. The minimum absolute atomic E-state index is 0.0806. The topological polar surface area (TPSA) is 147 Å². The van der Waals surface area contributed by atoms with E-state index in [0.29, 0.717) is 5.58 Å². The van der Waals surface area contributed by atoms with Gasteiger partial charge < -0.3 is 4.42 Å². The Morgan fingerprint density at radius 1 is 1.38 bits per heavy atom. The van der Waals surface area contributed by atoms with Crippen molar-refractivity contribution in [1.29, 1.82) is 0 Å². The normalized spacial score (nSPS) is 11.9. The average Bonchev–Trinajstić information content (AvgIpc) is 2.58. The van der Waals surface area contributed by atoms with Gasteiger partial charge in [-0.25, -0.2) is 4.98 Å². The van der Waals surface area contributed by atoms with Crippen LogP contribution in [-0.4, -0.2) is 9.91 Å². The highest BCUT2D eigenvalue weighted by Gasteiger charge is 2.23. The van der Waals surface area contributed by atoms with E-state index in [1.54, 1.807) is 0 Å². The van der Waals surface area contributed by atoms with Gasteiger partial charge in [0.1, 0.15) is 5.52 Å². The third-order valence-electron chi connectivity index (χ3n) is 1.95. The van der Waals surface area contributed by atoms with Gasteiger partial charge in [-0.15, -0.1) is 0 Å². The van der Waals surface area contributed by atoms with Crippen LogP contribution in [0.25, 0.3) is 11.1 Å². The van der Waals surface area contributed by atoms with Crippen molar-refractivity contribution in [1.82, 2.24) is 4.98 Å². The van der Waals surface area contributed by atoms with Gasteiger partial charge in [-0.2, -0.15) is 0 Å². The van der Waals surface area contributed by atoms with Crippen molar-refractivity contribution < 1.29 is 9.34 Å². The van der Waals surface area contributed by atoms with E-state index in [2.05, 4.69) is 4.98 Å². The monoisotopic (exact) mass is 223 g/mol. The van der Waals surface area contributed by atoms with Crippen LogP contribution in [0.2, 0.25) is 0 Å². The predicted octanol–water partition coefficient (Wildman–Crippen LogP) is -0.278. The van der Waals surface area contributed by atoms with Gasteiger partial charge in [-0.1, -0.05) is 0 Å². The fourth-order valence-corrected chi connectivity index (χ4v) is 1.21. The largest absolute Gasteiger partial charge is 0.436 e. The molecule has 2 aromatic rings. The van der Waals surface area contributed by atoms with Crippen LogP contribution < -0.4 is 17.2 Å². The van der Waals surface area contributed by atoms with Gasteiger partial charge in [0.2, 0.25) is 5.89 Å². The van der Waals surface area contributed by atoms with E-state index in [0.717, 1.165) is 0 Å². The van der Waals surface area contributed by atoms with Gasteiger partial charge in [0.25, 0.3) is 5.69 Å². The number of aromatic nitrogens is 1. The Balaban J connectivity index is 2.59. The molecular formula is C8H9N5O3. The number of nitro groups is 1. The smallest absolute Gasteiger partial charge is 0.271 e. The number of hydrogen-bond acceptors (Lipinski definition) is 7. The van der Waals surface area contributed by atoms with E-state index in [4.69, 9.17) is 21.6 Å². The lowest BCUT2D eigenvalue weighted by Crippen LogP contribution is -2.54. The Morgan fingerprint density at radius 3 is 2.62 bits per heavy atom. The highest BCUT2D eigenvalue weighted by molar-refractivity contribution is 5.75. The molecule has 0 aliphatic carbocycles. The summed E-state index contributed by atoms with van der Waals surface area (Å²) in [6.45, 7) is 0. The lowest BCUT2D eigenvalue weighted by atomic mass is 10.3. The second-order valence-electron chi connectivity index (χ2n) is 3.36. The van der Waals surface area contributed by atoms with E-state index in [1.807, 2.05) is 0 Å². The molecule has 0 aliphatic rings. The summed E-state index contributed by atoms with van der Waals surface area (Å²) in [5.74, 6) is -1.78. The maximum atomic E-state index is 10.5. The molecule has 0 saturated heterocycles. The van der Waals surface area contributed by atoms with Gasteiger partial charge in [0, 0.05) is 12.1 Å². The lowest BCUT2D eigenvalue weighted by Gasteiger charge is -2.12. The Morgan fingerprint density at radius 2 is 2.06 bits per heavy atom. The number of non-ortho nitro benzene ring substituents is 1. The molecule has 0 unspecified atom stereocenters. The third-order valence-corrected chi connectivity index (χ3v) is 1.95. The van der Waals surface area contributed by atoms with Crippen LogP contribution in [0, 0.1) is 10.1 Å². The molecule has 2 rings (SSSR count). The van der Waals surface area contributed by atoms with E-state index in [9.17, 15) is 10.1 Å². The van der Waals surface area contributed by atoms with E-state index < -0.39 is 10.7 Å². The number of nitrogens with two attached hydrogens (primary N) is 3. The fourth-order valence-electron chi connectivity index (χ4n) is 1.21. The van der Waals surface area contributed by atoms with Gasteiger partial charge in [0.15, 0.2) is 11.4 Å². The van der Waals surface area contributed by atoms with Crippen molar-refractivity contribution in [3.8, 4) is 0 Å². The van der Waals surface area contributed by atoms with Crippen LogP contribution in [0.5, 0.6) is 0 Å². The Labute approximate surface area is 89.2 Å². The second-order valence-corrected chi connectivity index (χ2v) is 3.36. The molecule has 84 valence electrons. The van der Waals surface area contributed by atoms with Crippen LogP contribution in [-0.2, 0) is 5.79 Å². The van der Waals surface area contributed by atoms with E-state index >= 15 is 0 Å². The van der Waals surface area contributed by atoms with Crippen molar-refractivity contribution in [2.75, 3.05) is 0 Å². The fraction of sp³-hybridized carbons (Fsp3) is 0.125. The molecule has 0 bridgehead atoms. The summed E-state index contributed by atoms with van der Waals surface area (Å²) in [5.41, 5.74) is 16.7. The Bertz CT molecular complexity index is 556. The molecule has 0 amide bonds. The molecule has 0 fully saturated rings. The molecule has 8 heteroatoms. The molecule has 0 atom stereocenters. The number of nitrogens with zero attached hydrogens (tertiary/aromatic N) is 2. The number of fused-ring (bicyclic) bond motifs is 1. The summed E-state index contributed by atoms with van der Waals surface area (Å²) < 4.78 is 5.16. The minimum atomic E-state index is -1.70. The number of hydrogen-bond donors (Lipinski definition) is 3. The van der Waals surface area contributed by atoms with Crippen LogP contribution >= 0.6 is 0 Å². The molecule has 6 N–H and O–H groups in total. The number of benzene rings is 1. The second kappa shape index (κ2) is 3.23. The first-order valence-electron chi connectivity index (χ1n) is 4.30. The van der Waals surface area contributed by atoms with E-state index in [1.165, 1.54) is 18.2 Å².